The van der Waals surface area contributed by atoms with Gasteiger partial charge in [-0.2, -0.15) is 0 Å². The van der Waals surface area contributed by atoms with Crippen LogP contribution in [0.25, 0.3) is 0 Å². The maximum Gasteiger partial charge on any atom is 0.371 e. The van der Waals surface area contributed by atoms with Crippen molar-refractivity contribution in [3.8, 4) is 0 Å². The van der Waals surface area contributed by atoms with Crippen LogP contribution in [-0.4, -0.2) is 22.2 Å². The Hall–Kier alpha value is -2.83. The average molecular weight is 279 g/mol. The van der Waals surface area contributed by atoms with Gasteiger partial charge in [0, 0.05) is 5.69 Å². The third kappa shape index (κ3) is 2.94. The lowest BCUT2D eigenvalue weighted by Crippen LogP contribution is -2.04. The van der Waals surface area contributed by atoms with Gasteiger partial charge < -0.3 is 19.9 Å². The molecule has 2 rings (SSSR count). The van der Waals surface area contributed by atoms with Gasteiger partial charge >= 0.3 is 11.9 Å². The number of aromatic carboxylic acids is 2. The highest BCUT2D eigenvalue weighted by atomic mass is 19.1. The zero-order chi connectivity index (χ0) is 14.7. The summed E-state index contributed by atoms with van der Waals surface area (Å²) in [5, 5.41) is 20.3. The van der Waals surface area contributed by atoms with Crippen molar-refractivity contribution in [1.82, 2.24) is 0 Å². The second-order valence-electron chi connectivity index (χ2n) is 3.92. The largest absolute Gasteiger partial charge is 0.478 e. The van der Waals surface area contributed by atoms with Gasteiger partial charge in [0.1, 0.15) is 11.6 Å². The van der Waals surface area contributed by atoms with E-state index in [9.17, 15) is 14.0 Å². The van der Waals surface area contributed by atoms with Gasteiger partial charge in [-0.25, -0.2) is 14.0 Å². The molecule has 0 aliphatic heterocycles. The number of anilines is 1. The van der Waals surface area contributed by atoms with E-state index in [1.54, 1.807) is 0 Å². The Kier molecular flexibility index (Phi) is 3.69. The van der Waals surface area contributed by atoms with Crippen molar-refractivity contribution in [3.63, 3.8) is 0 Å². The molecule has 20 heavy (non-hydrogen) atoms. The minimum atomic E-state index is -1.36. The summed E-state index contributed by atoms with van der Waals surface area (Å²) in [6, 6.07) is 6.36. The van der Waals surface area contributed by atoms with Crippen LogP contribution in [0.15, 0.2) is 34.7 Å². The van der Waals surface area contributed by atoms with Crippen molar-refractivity contribution in [2.45, 2.75) is 6.54 Å². The Labute approximate surface area is 112 Å². The van der Waals surface area contributed by atoms with E-state index in [1.165, 1.54) is 18.2 Å². The molecule has 0 atom stereocenters. The maximum atomic E-state index is 13.2. The molecule has 7 heteroatoms. The minimum absolute atomic E-state index is 0.151. The van der Waals surface area contributed by atoms with E-state index >= 15 is 0 Å². The molecule has 0 aliphatic carbocycles. The molecule has 0 aliphatic rings. The number of carboxylic acid groups (broad SMARTS) is 2. The molecule has 104 valence electrons. The molecule has 0 bridgehead atoms. The lowest BCUT2D eigenvalue weighted by Gasteiger charge is -2.06. The summed E-state index contributed by atoms with van der Waals surface area (Å²) in [7, 11) is 0. The second kappa shape index (κ2) is 5.43. The molecule has 0 saturated carbocycles. The van der Waals surface area contributed by atoms with Gasteiger partial charge in [0.2, 0.25) is 5.76 Å². The highest BCUT2D eigenvalue weighted by Crippen LogP contribution is 2.16. The van der Waals surface area contributed by atoms with Crippen molar-refractivity contribution < 1.29 is 28.6 Å². The third-order valence-corrected chi connectivity index (χ3v) is 2.54. The van der Waals surface area contributed by atoms with E-state index in [0.717, 1.165) is 12.1 Å². The normalized spacial score (nSPS) is 10.2. The zero-order valence-corrected chi connectivity index (χ0v) is 10.1. The Morgan fingerprint density at radius 1 is 1.15 bits per heavy atom. The summed E-state index contributed by atoms with van der Waals surface area (Å²) < 4.78 is 18.2. The monoisotopic (exact) mass is 279 g/mol. The fourth-order valence-electron chi connectivity index (χ4n) is 1.58. The molecule has 0 spiro atoms. The van der Waals surface area contributed by atoms with Crippen LogP contribution < -0.4 is 5.32 Å². The van der Waals surface area contributed by atoms with E-state index in [0.29, 0.717) is 11.4 Å². The van der Waals surface area contributed by atoms with Crippen molar-refractivity contribution in [2.75, 3.05) is 5.32 Å². The average Bonchev–Trinajstić information content (AvgIpc) is 2.86. The molecule has 0 radical (unpaired) electrons. The predicted octanol–water partition coefficient (Wildman–Crippen LogP) is 2.43. The molecule has 0 unspecified atom stereocenters. The first kappa shape index (κ1) is 13.6. The number of nitrogens with one attached hydrogen (secondary N) is 1. The van der Waals surface area contributed by atoms with Crippen molar-refractivity contribution in [2.24, 2.45) is 0 Å². The number of hydrogen-bond donors (Lipinski definition) is 3. The Bertz CT molecular complexity index is 665. The topological polar surface area (TPSA) is 99.8 Å². The number of carbonyl (C=O) groups is 2. The molecular formula is C13H10FNO5. The van der Waals surface area contributed by atoms with Crippen molar-refractivity contribution in [3.05, 3.63) is 53.2 Å². The maximum absolute atomic E-state index is 13.2. The highest BCUT2D eigenvalue weighted by Gasteiger charge is 2.12. The lowest BCUT2D eigenvalue weighted by atomic mass is 10.2. The second-order valence-corrected chi connectivity index (χ2v) is 3.92. The van der Waals surface area contributed by atoms with Crippen LogP contribution in [-0.2, 0) is 6.54 Å². The van der Waals surface area contributed by atoms with Crippen LogP contribution in [0.1, 0.15) is 26.7 Å². The third-order valence-electron chi connectivity index (χ3n) is 2.54. The van der Waals surface area contributed by atoms with E-state index in [2.05, 4.69) is 5.32 Å². The predicted molar refractivity (Wildman–Crippen MR) is 66.4 cm³/mol. The van der Waals surface area contributed by atoms with Crippen LogP contribution in [0.5, 0.6) is 0 Å². The number of carboxylic acids is 2. The van der Waals surface area contributed by atoms with E-state index < -0.39 is 23.3 Å². The van der Waals surface area contributed by atoms with Crippen LogP contribution in [0.2, 0.25) is 0 Å². The van der Waals surface area contributed by atoms with E-state index in [1.807, 2.05) is 0 Å². The van der Waals surface area contributed by atoms with Gasteiger partial charge in [0.15, 0.2) is 0 Å². The molecule has 0 saturated heterocycles. The number of halogens is 1. The first-order valence-corrected chi connectivity index (χ1v) is 5.56. The number of hydrogen-bond acceptors (Lipinski definition) is 4. The Morgan fingerprint density at radius 3 is 2.50 bits per heavy atom. The van der Waals surface area contributed by atoms with Crippen molar-refractivity contribution >= 4 is 17.6 Å². The Morgan fingerprint density at radius 2 is 1.90 bits per heavy atom. The first-order valence-electron chi connectivity index (χ1n) is 5.56. The molecular weight excluding hydrogens is 269 g/mol. The van der Waals surface area contributed by atoms with Gasteiger partial charge in [-0.3, -0.25) is 0 Å². The minimum Gasteiger partial charge on any atom is -0.478 e. The fourth-order valence-corrected chi connectivity index (χ4v) is 1.58. The summed E-state index contributed by atoms with van der Waals surface area (Å²) in [4.78, 5) is 21.4. The van der Waals surface area contributed by atoms with Gasteiger partial charge in [-0.05, 0) is 30.3 Å². The lowest BCUT2D eigenvalue weighted by molar-refractivity contribution is 0.0657. The summed E-state index contributed by atoms with van der Waals surface area (Å²) >= 11 is 0. The summed E-state index contributed by atoms with van der Waals surface area (Å²) in [6.45, 7) is 0.151. The van der Waals surface area contributed by atoms with E-state index in [4.69, 9.17) is 14.6 Å². The zero-order valence-electron chi connectivity index (χ0n) is 10.1. The first-order chi connectivity index (χ1) is 9.47. The van der Waals surface area contributed by atoms with Crippen LogP contribution in [0.3, 0.4) is 0 Å². The molecule has 0 amide bonds. The summed E-state index contributed by atoms with van der Waals surface area (Å²) in [5.41, 5.74) is -0.0576. The molecule has 3 N–H and O–H groups in total. The summed E-state index contributed by atoms with van der Waals surface area (Å²) in [5.74, 6) is -3.19. The smallest absolute Gasteiger partial charge is 0.371 e. The molecule has 2 aromatic rings. The van der Waals surface area contributed by atoms with Crippen LogP contribution >= 0.6 is 0 Å². The van der Waals surface area contributed by atoms with Gasteiger partial charge in [0.25, 0.3) is 0 Å². The van der Waals surface area contributed by atoms with E-state index in [-0.39, 0.29) is 12.3 Å². The van der Waals surface area contributed by atoms with Crippen LogP contribution in [0, 0.1) is 5.82 Å². The summed E-state index contributed by atoms with van der Waals surface area (Å²) in [6.07, 6.45) is 0. The molecule has 6 nitrogen and oxygen atoms in total. The highest BCUT2D eigenvalue weighted by molar-refractivity contribution is 5.89. The van der Waals surface area contributed by atoms with Gasteiger partial charge in [0.05, 0.1) is 12.1 Å². The molecule has 0 fully saturated rings. The quantitative estimate of drug-likeness (QED) is 0.777. The number of furan rings is 1. The molecule has 1 aromatic carbocycles. The fraction of sp³-hybridized carbons (Fsp3) is 0.0769. The standard InChI is InChI=1S/C13H10FNO5/c14-10-3-1-7(5-9(10)12(16)17)15-6-8-2-4-11(20-8)13(18)19/h1-5,15H,6H2,(H,16,17)(H,18,19). The number of rotatable bonds is 5. The molecule has 1 aromatic heterocycles. The van der Waals surface area contributed by atoms with Crippen LogP contribution in [0.4, 0.5) is 10.1 Å². The Balaban J connectivity index is 2.08. The van der Waals surface area contributed by atoms with Crippen molar-refractivity contribution in [1.29, 1.82) is 0 Å². The van der Waals surface area contributed by atoms with Gasteiger partial charge in [-0.1, -0.05) is 0 Å². The number of benzene rings is 1. The molecule has 1 heterocycles. The SMILES string of the molecule is O=C(O)c1ccc(CNc2ccc(F)c(C(=O)O)c2)o1. The van der Waals surface area contributed by atoms with Gasteiger partial charge in [-0.15, -0.1) is 0 Å².